The van der Waals surface area contributed by atoms with E-state index in [0.29, 0.717) is 39.3 Å². The molecule has 0 bridgehead atoms. The Labute approximate surface area is 210 Å². The van der Waals surface area contributed by atoms with Crippen molar-refractivity contribution in [1.82, 2.24) is 20.4 Å². The minimum absolute atomic E-state index is 0.180. The molecule has 0 aromatic heterocycles. The Kier molecular flexibility index (Phi) is 13.5. The number of nitrogens with zero attached hydrogens (tertiary/aromatic N) is 3. The van der Waals surface area contributed by atoms with Gasteiger partial charge in [0.1, 0.15) is 16.8 Å². The summed E-state index contributed by atoms with van der Waals surface area (Å²) in [4.78, 5) is 40.0. The quantitative estimate of drug-likeness (QED) is 0.413. The van der Waals surface area contributed by atoms with E-state index in [1.54, 1.807) is 62.3 Å². The summed E-state index contributed by atoms with van der Waals surface area (Å²) in [5, 5.41) is 14.4. The molecule has 11 heteroatoms. The van der Waals surface area contributed by atoms with Crippen molar-refractivity contribution < 1.29 is 28.6 Å². The molecule has 0 radical (unpaired) electrons. The van der Waals surface area contributed by atoms with Crippen LogP contribution in [0, 0.1) is 11.3 Å². The molecule has 0 aromatic rings. The first-order valence-corrected chi connectivity index (χ1v) is 11.9. The van der Waals surface area contributed by atoms with E-state index < -0.39 is 35.1 Å². The number of hydrogen-bond donors (Lipinski definition) is 2. The molecule has 3 amide bonds. The van der Waals surface area contributed by atoms with Crippen molar-refractivity contribution in [1.29, 1.82) is 5.26 Å². The Balaban J connectivity index is 5.05. The molecule has 0 aliphatic carbocycles. The zero-order valence-corrected chi connectivity index (χ0v) is 22.9. The van der Waals surface area contributed by atoms with Gasteiger partial charge in [0.05, 0.1) is 12.5 Å². The van der Waals surface area contributed by atoms with E-state index >= 15 is 0 Å². The molecule has 0 aliphatic rings. The van der Waals surface area contributed by atoms with Gasteiger partial charge >= 0.3 is 18.3 Å². The second-order valence-corrected chi connectivity index (χ2v) is 11.1. The first kappa shape index (κ1) is 32.3. The van der Waals surface area contributed by atoms with Crippen molar-refractivity contribution >= 4 is 18.3 Å². The summed E-state index contributed by atoms with van der Waals surface area (Å²) in [5.41, 5.74) is -1.86. The van der Waals surface area contributed by atoms with E-state index in [1.165, 1.54) is 4.90 Å². The van der Waals surface area contributed by atoms with E-state index in [2.05, 4.69) is 10.6 Å². The van der Waals surface area contributed by atoms with Gasteiger partial charge in [-0.15, -0.1) is 0 Å². The SMILES string of the molecule is CC(C)(C)OC(=O)NCCN(CCNC(=O)OC(C)(C)C)CCN(CCC#N)C(=O)OC(C)(C)C. The van der Waals surface area contributed by atoms with Gasteiger partial charge in [-0.2, -0.15) is 5.26 Å². The highest BCUT2D eigenvalue weighted by atomic mass is 16.6. The molecule has 0 fully saturated rings. The Morgan fingerprint density at radius 1 is 0.686 bits per heavy atom. The van der Waals surface area contributed by atoms with Gasteiger partial charge in [-0.1, -0.05) is 0 Å². The van der Waals surface area contributed by atoms with Crippen LogP contribution in [0.15, 0.2) is 0 Å². The van der Waals surface area contributed by atoms with Crippen LogP contribution in [0.3, 0.4) is 0 Å². The zero-order valence-electron chi connectivity index (χ0n) is 22.9. The summed E-state index contributed by atoms with van der Waals surface area (Å²) in [6.45, 7) is 18.6. The Bertz CT molecular complexity index is 682. The number of nitriles is 1. The average Bonchev–Trinajstić information content (AvgIpc) is 2.63. The number of carbonyl (C=O) groups is 3. The van der Waals surface area contributed by atoms with E-state index in [4.69, 9.17) is 19.5 Å². The van der Waals surface area contributed by atoms with Crippen LogP contribution >= 0.6 is 0 Å². The second kappa shape index (κ2) is 14.6. The lowest BCUT2D eigenvalue weighted by molar-refractivity contribution is 0.0237. The molecule has 0 heterocycles. The standard InChI is InChI=1S/C24H45N5O6/c1-22(2,3)33-19(30)26-12-15-28(16-13-27-20(31)34-23(4,5)6)17-18-29(14-10-11-25)21(32)35-24(7,8)9/h10,12-18H2,1-9H3,(H,26,30)(H,27,31). The van der Waals surface area contributed by atoms with E-state index in [1.807, 2.05) is 11.0 Å². The number of alkyl carbamates (subject to hydrolysis) is 2. The maximum atomic E-state index is 12.6. The lowest BCUT2D eigenvalue weighted by atomic mass is 10.2. The largest absolute Gasteiger partial charge is 0.444 e. The number of hydrogen-bond acceptors (Lipinski definition) is 8. The second-order valence-electron chi connectivity index (χ2n) is 11.1. The van der Waals surface area contributed by atoms with Crippen molar-refractivity contribution in [3.05, 3.63) is 0 Å². The van der Waals surface area contributed by atoms with Crippen LogP contribution in [-0.4, -0.2) is 90.7 Å². The maximum absolute atomic E-state index is 12.6. The fourth-order valence-electron chi connectivity index (χ4n) is 2.66. The summed E-state index contributed by atoms with van der Waals surface area (Å²) in [6, 6.07) is 2.05. The molecule has 0 atom stereocenters. The minimum Gasteiger partial charge on any atom is -0.444 e. The molecule has 0 saturated carbocycles. The number of nitrogens with one attached hydrogen (secondary N) is 2. The summed E-state index contributed by atoms with van der Waals surface area (Å²) in [7, 11) is 0. The van der Waals surface area contributed by atoms with Gasteiger partial charge in [0, 0.05) is 45.8 Å². The molecule has 0 aromatic carbocycles. The van der Waals surface area contributed by atoms with Gasteiger partial charge in [-0.3, -0.25) is 4.90 Å². The summed E-state index contributed by atoms with van der Waals surface area (Å²) in [5.74, 6) is 0. The third-order valence-corrected chi connectivity index (χ3v) is 4.02. The highest BCUT2D eigenvalue weighted by Gasteiger charge is 2.23. The van der Waals surface area contributed by atoms with Crippen LogP contribution in [0.2, 0.25) is 0 Å². The first-order valence-electron chi connectivity index (χ1n) is 11.9. The molecule has 35 heavy (non-hydrogen) atoms. The van der Waals surface area contributed by atoms with Gasteiger partial charge in [-0.25, -0.2) is 14.4 Å². The highest BCUT2D eigenvalue weighted by Crippen LogP contribution is 2.11. The van der Waals surface area contributed by atoms with E-state index in [9.17, 15) is 14.4 Å². The van der Waals surface area contributed by atoms with Crippen LogP contribution in [0.5, 0.6) is 0 Å². The Morgan fingerprint density at radius 2 is 1.11 bits per heavy atom. The molecule has 0 unspecified atom stereocenters. The lowest BCUT2D eigenvalue weighted by Gasteiger charge is -2.30. The topological polar surface area (TPSA) is 133 Å². The molecule has 0 rings (SSSR count). The van der Waals surface area contributed by atoms with Crippen LogP contribution < -0.4 is 10.6 Å². The maximum Gasteiger partial charge on any atom is 0.410 e. The highest BCUT2D eigenvalue weighted by molar-refractivity contribution is 5.68. The monoisotopic (exact) mass is 499 g/mol. The molecular formula is C24H45N5O6. The molecule has 0 spiro atoms. The molecule has 2 N–H and O–H groups in total. The zero-order chi connectivity index (χ0) is 27.3. The normalized spacial score (nSPS) is 11.9. The molecular weight excluding hydrogens is 454 g/mol. The minimum atomic E-state index is -0.656. The van der Waals surface area contributed by atoms with E-state index in [0.717, 1.165) is 0 Å². The van der Waals surface area contributed by atoms with Gasteiger partial charge in [-0.05, 0) is 62.3 Å². The van der Waals surface area contributed by atoms with Gasteiger partial charge < -0.3 is 29.7 Å². The number of carbonyl (C=O) groups excluding carboxylic acids is 3. The van der Waals surface area contributed by atoms with Crippen LogP contribution in [0.25, 0.3) is 0 Å². The molecule has 202 valence electrons. The summed E-state index contributed by atoms with van der Waals surface area (Å²) >= 11 is 0. The third kappa shape index (κ3) is 19.3. The lowest BCUT2D eigenvalue weighted by Crippen LogP contribution is -2.46. The fourth-order valence-corrected chi connectivity index (χ4v) is 2.66. The van der Waals surface area contributed by atoms with Crippen molar-refractivity contribution in [2.75, 3.05) is 45.8 Å². The third-order valence-electron chi connectivity index (χ3n) is 4.02. The van der Waals surface area contributed by atoms with E-state index in [-0.39, 0.29) is 13.0 Å². The Hall–Kier alpha value is -2.74. The molecule has 0 aliphatic heterocycles. The predicted molar refractivity (Wildman–Crippen MR) is 133 cm³/mol. The molecule has 11 nitrogen and oxygen atoms in total. The Morgan fingerprint density at radius 3 is 1.49 bits per heavy atom. The van der Waals surface area contributed by atoms with Crippen molar-refractivity contribution in [2.24, 2.45) is 0 Å². The van der Waals surface area contributed by atoms with Crippen LogP contribution in [-0.2, 0) is 14.2 Å². The van der Waals surface area contributed by atoms with Crippen LogP contribution in [0.1, 0.15) is 68.7 Å². The van der Waals surface area contributed by atoms with Gasteiger partial charge in [0.25, 0.3) is 0 Å². The average molecular weight is 500 g/mol. The van der Waals surface area contributed by atoms with Crippen LogP contribution in [0.4, 0.5) is 14.4 Å². The van der Waals surface area contributed by atoms with Gasteiger partial charge in [0.15, 0.2) is 0 Å². The summed E-state index contributed by atoms with van der Waals surface area (Å²) in [6.07, 6.45) is -1.35. The first-order chi connectivity index (χ1) is 15.9. The predicted octanol–water partition coefficient (Wildman–Crippen LogP) is 3.49. The number of amides is 3. The van der Waals surface area contributed by atoms with Crippen molar-refractivity contribution in [3.63, 3.8) is 0 Å². The van der Waals surface area contributed by atoms with Crippen molar-refractivity contribution in [3.8, 4) is 6.07 Å². The van der Waals surface area contributed by atoms with Gasteiger partial charge in [0.2, 0.25) is 0 Å². The smallest absolute Gasteiger partial charge is 0.410 e. The number of rotatable bonds is 11. The summed E-state index contributed by atoms with van der Waals surface area (Å²) < 4.78 is 16.0. The fraction of sp³-hybridized carbons (Fsp3) is 0.833. The number of ether oxygens (including phenoxy) is 3. The molecule has 0 saturated heterocycles. The van der Waals surface area contributed by atoms with Crippen molar-refractivity contribution in [2.45, 2.75) is 85.5 Å².